The number of sulfonamides is 1. The lowest BCUT2D eigenvalue weighted by Gasteiger charge is -2.34. The molecule has 0 amide bonds. The zero-order chi connectivity index (χ0) is 22.8. The van der Waals surface area contributed by atoms with Gasteiger partial charge in [0, 0.05) is 30.8 Å². The van der Waals surface area contributed by atoms with Crippen LogP contribution in [0.5, 0.6) is 0 Å². The standard InChI is InChI=1S/C21H24ClN3O5S/c1-14-8-15(2)13-24(12-14)31(29,30)18-5-3-4-16(9-18)21(26)11-23-20-7-6-17(25(27)28)10-19(20)22/h3-7,9-10,14-15,23H,8,11-13H2,1-2H3. The number of halogens is 1. The van der Waals surface area contributed by atoms with Crippen LogP contribution < -0.4 is 5.32 Å². The van der Waals surface area contributed by atoms with Crippen molar-refractivity contribution in [3.8, 4) is 0 Å². The monoisotopic (exact) mass is 465 g/mol. The third kappa shape index (κ3) is 5.41. The SMILES string of the molecule is CC1CC(C)CN(S(=O)(=O)c2cccc(C(=O)CNc3ccc([N+](=O)[O-])cc3Cl)c2)C1. The molecule has 0 bridgehead atoms. The van der Waals surface area contributed by atoms with E-state index in [1.165, 1.54) is 34.6 Å². The van der Waals surface area contributed by atoms with Crippen molar-refractivity contribution >= 4 is 38.8 Å². The third-order valence-electron chi connectivity index (χ3n) is 5.23. The number of carbonyl (C=O) groups is 1. The number of benzene rings is 2. The van der Waals surface area contributed by atoms with E-state index in [4.69, 9.17) is 11.6 Å². The van der Waals surface area contributed by atoms with Gasteiger partial charge in [0.1, 0.15) is 0 Å². The van der Waals surface area contributed by atoms with Crippen LogP contribution in [0.4, 0.5) is 11.4 Å². The maximum absolute atomic E-state index is 13.1. The summed E-state index contributed by atoms with van der Waals surface area (Å²) in [5.74, 6) is 0.227. The lowest BCUT2D eigenvalue weighted by atomic mass is 9.94. The fraction of sp³-hybridized carbons (Fsp3) is 0.381. The maximum atomic E-state index is 13.1. The van der Waals surface area contributed by atoms with Gasteiger partial charge in [-0.1, -0.05) is 37.6 Å². The topological polar surface area (TPSA) is 110 Å². The number of hydrogen-bond donors (Lipinski definition) is 1. The molecule has 2 atom stereocenters. The second-order valence-corrected chi connectivity index (χ2v) is 10.3. The zero-order valence-corrected chi connectivity index (χ0v) is 18.8. The Morgan fingerprint density at radius 2 is 1.87 bits per heavy atom. The first-order chi connectivity index (χ1) is 14.6. The van der Waals surface area contributed by atoms with Crippen molar-refractivity contribution < 1.29 is 18.1 Å². The second kappa shape index (κ2) is 9.33. The Hall–Kier alpha value is -2.49. The van der Waals surface area contributed by atoms with Crippen molar-refractivity contribution in [2.75, 3.05) is 25.0 Å². The van der Waals surface area contributed by atoms with E-state index in [0.717, 1.165) is 6.42 Å². The van der Waals surface area contributed by atoms with E-state index in [2.05, 4.69) is 5.32 Å². The van der Waals surface area contributed by atoms with Gasteiger partial charge >= 0.3 is 0 Å². The zero-order valence-electron chi connectivity index (χ0n) is 17.2. The second-order valence-electron chi connectivity index (χ2n) is 7.99. The Balaban J connectivity index is 1.74. The number of rotatable bonds is 7. The van der Waals surface area contributed by atoms with Gasteiger partial charge in [-0.3, -0.25) is 14.9 Å². The summed E-state index contributed by atoms with van der Waals surface area (Å²) < 4.78 is 27.7. The highest BCUT2D eigenvalue weighted by molar-refractivity contribution is 7.89. The predicted octanol–water partition coefficient (Wildman–Crippen LogP) is 4.21. The fourth-order valence-electron chi connectivity index (χ4n) is 3.82. The van der Waals surface area contributed by atoms with Crippen LogP contribution in [-0.2, 0) is 10.0 Å². The van der Waals surface area contributed by atoms with Gasteiger partial charge in [-0.05, 0) is 36.5 Å². The molecule has 1 aliphatic heterocycles. The van der Waals surface area contributed by atoms with E-state index in [0.29, 0.717) is 18.8 Å². The minimum atomic E-state index is -3.69. The molecule has 1 aliphatic rings. The van der Waals surface area contributed by atoms with E-state index >= 15 is 0 Å². The van der Waals surface area contributed by atoms with Crippen LogP contribution in [0.2, 0.25) is 5.02 Å². The van der Waals surface area contributed by atoms with E-state index in [1.807, 2.05) is 13.8 Å². The summed E-state index contributed by atoms with van der Waals surface area (Å²) in [4.78, 5) is 23.0. The molecule has 2 aromatic carbocycles. The van der Waals surface area contributed by atoms with Gasteiger partial charge in [0.15, 0.2) is 5.78 Å². The number of carbonyl (C=O) groups excluding carboxylic acids is 1. The van der Waals surface area contributed by atoms with Crippen molar-refractivity contribution in [1.82, 2.24) is 4.31 Å². The Labute approximate surface area is 186 Å². The summed E-state index contributed by atoms with van der Waals surface area (Å²) >= 11 is 6.03. The molecule has 1 fully saturated rings. The largest absolute Gasteiger partial charge is 0.376 e. The van der Waals surface area contributed by atoms with E-state index in [1.54, 1.807) is 12.1 Å². The molecule has 0 radical (unpaired) electrons. The summed E-state index contributed by atoms with van der Waals surface area (Å²) in [6.45, 7) is 4.86. The lowest BCUT2D eigenvalue weighted by molar-refractivity contribution is -0.384. The van der Waals surface area contributed by atoms with Crippen LogP contribution in [0, 0.1) is 22.0 Å². The molecule has 31 heavy (non-hydrogen) atoms. The van der Waals surface area contributed by atoms with Gasteiger partial charge in [0.25, 0.3) is 5.69 Å². The number of nitro benzene ring substituents is 1. The van der Waals surface area contributed by atoms with Gasteiger partial charge in [-0.2, -0.15) is 4.31 Å². The van der Waals surface area contributed by atoms with Crippen LogP contribution in [0.15, 0.2) is 47.4 Å². The van der Waals surface area contributed by atoms with E-state index in [9.17, 15) is 23.3 Å². The van der Waals surface area contributed by atoms with Gasteiger partial charge in [-0.25, -0.2) is 8.42 Å². The van der Waals surface area contributed by atoms with Crippen molar-refractivity contribution in [2.24, 2.45) is 11.8 Å². The molecule has 0 aliphatic carbocycles. The minimum Gasteiger partial charge on any atom is -0.376 e. The Morgan fingerprint density at radius 1 is 1.19 bits per heavy atom. The van der Waals surface area contributed by atoms with Gasteiger partial charge in [-0.15, -0.1) is 0 Å². The minimum absolute atomic E-state index is 0.0908. The molecule has 1 N–H and O–H groups in total. The molecule has 3 rings (SSSR count). The van der Waals surface area contributed by atoms with Crippen molar-refractivity contribution in [2.45, 2.75) is 25.2 Å². The first-order valence-corrected chi connectivity index (χ1v) is 11.7. The summed E-state index contributed by atoms with van der Waals surface area (Å²) in [7, 11) is -3.69. The highest BCUT2D eigenvalue weighted by atomic mass is 35.5. The molecular weight excluding hydrogens is 442 g/mol. The van der Waals surface area contributed by atoms with Crippen LogP contribution in [0.25, 0.3) is 0 Å². The Morgan fingerprint density at radius 3 is 2.48 bits per heavy atom. The summed E-state index contributed by atoms with van der Waals surface area (Å²) in [5, 5.41) is 13.8. The average molecular weight is 466 g/mol. The van der Waals surface area contributed by atoms with Crippen molar-refractivity contribution in [3.63, 3.8) is 0 Å². The third-order valence-corrected chi connectivity index (χ3v) is 7.37. The Kier molecular flexibility index (Phi) is 6.98. The van der Waals surface area contributed by atoms with Gasteiger partial charge < -0.3 is 5.32 Å². The smallest absolute Gasteiger partial charge is 0.271 e. The fourth-order valence-corrected chi connectivity index (χ4v) is 5.79. The van der Waals surface area contributed by atoms with Crippen LogP contribution in [0.1, 0.15) is 30.6 Å². The molecule has 0 aromatic heterocycles. The van der Waals surface area contributed by atoms with Gasteiger partial charge in [0.2, 0.25) is 10.0 Å². The summed E-state index contributed by atoms with van der Waals surface area (Å²) in [6, 6.07) is 9.90. The quantitative estimate of drug-likeness (QED) is 0.372. The maximum Gasteiger partial charge on any atom is 0.271 e. The van der Waals surface area contributed by atoms with Crippen molar-refractivity contribution in [1.29, 1.82) is 0 Å². The molecule has 0 saturated carbocycles. The molecule has 10 heteroatoms. The molecule has 2 unspecified atom stereocenters. The molecule has 0 spiro atoms. The number of piperidine rings is 1. The molecular formula is C21H24ClN3O5S. The number of nitro groups is 1. The van der Waals surface area contributed by atoms with E-state index in [-0.39, 0.29) is 45.3 Å². The highest BCUT2D eigenvalue weighted by Crippen LogP contribution is 2.28. The highest BCUT2D eigenvalue weighted by Gasteiger charge is 2.32. The molecule has 8 nitrogen and oxygen atoms in total. The molecule has 1 saturated heterocycles. The Bertz CT molecular complexity index is 1100. The first kappa shape index (κ1) is 23.2. The number of nitrogens with one attached hydrogen (secondary N) is 1. The van der Waals surface area contributed by atoms with Crippen LogP contribution in [-0.4, -0.2) is 43.1 Å². The number of nitrogens with zero attached hydrogens (tertiary/aromatic N) is 2. The van der Waals surface area contributed by atoms with Gasteiger partial charge in [0.05, 0.1) is 27.1 Å². The number of non-ortho nitro benzene ring substituents is 1. The first-order valence-electron chi connectivity index (χ1n) is 9.89. The molecule has 1 heterocycles. The van der Waals surface area contributed by atoms with E-state index < -0.39 is 14.9 Å². The van der Waals surface area contributed by atoms with Crippen LogP contribution in [0.3, 0.4) is 0 Å². The van der Waals surface area contributed by atoms with Crippen molar-refractivity contribution in [3.05, 3.63) is 63.2 Å². The summed E-state index contributed by atoms with van der Waals surface area (Å²) in [5.41, 5.74) is 0.478. The molecule has 2 aromatic rings. The number of ketones is 1. The molecule has 166 valence electrons. The number of anilines is 1. The summed E-state index contributed by atoms with van der Waals surface area (Å²) in [6.07, 6.45) is 0.988. The number of hydrogen-bond acceptors (Lipinski definition) is 6. The lowest BCUT2D eigenvalue weighted by Crippen LogP contribution is -2.42. The normalized spacial score (nSPS) is 19.7. The average Bonchev–Trinajstić information content (AvgIpc) is 2.72. The predicted molar refractivity (Wildman–Crippen MR) is 119 cm³/mol. The number of Topliss-reactive ketones (excluding diaryl/α,β-unsaturated/α-hetero) is 1. The van der Waals surface area contributed by atoms with Crippen LogP contribution >= 0.6 is 11.6 Å².